The second kappa shape index (κ2) is 9.78. The highest BCUT2D eigenvalue weighted by atomic mass is 35.5. The summed E-state index contributed by atoms with van der Waals surface area (Å²) in [4.78, 5) is 16.9. The van der Waals surface area contributed by atoms with Crippen molar-refractivity contribution < 1.29 is 23.7 Å². The standard InChI is InChI=1S/C23H24ClNO5/c1-5-19-15(3)22(30-23(26)28-11-10-27-4)18-13-21(14(2)12-20(18)25-19)29-17-8-6-16(24)7-9-17/h6-9,12-13H,5,10-11H2,1-4H3. The molecule has 0 bridgehead atoms. The number of carbonyl (C=O) groups excluding carboxylic acids is 1. The summed E-state index contributed by atoms with van der Waals surface area (Å²) in [6, 6.07) is 10.9. The molecule has 7 heteroatoms. The molecule has 3 aromatic rings. The fourth-order valence-electron chi connectivity index (χ4n) is 3.05. The first-order chi connectivity index (χ1) is 14.4. The molecule has 1 aromatic heterocycles. The summed E-state index contributed by atoms with van der Waals surface area (Å²) in [5.41, 5.74) is 3.27. The first-order valence-corrected chi connectivity index (χ1v) is 10.0. The van der Waals surface area contributed by atoms with Crippen LogP contribution in [0.5, 0.6) is 17.2 Å². The summed E-state index contributed by atoms with van der Waals surface area (Å²) in [6.45, 7) is 6.23. The van der Waals surface area contributed by atoms with Crippen LogP contribution in [0.15, 0.2) is 36.4 Å². The number of methoxy groups -OCH3 is 1. The Morgan fingerprint density at radius 3 is 2.50 bits per heavy atom. The quantitative estimate of drug-likeness (QED) is 0.338. The van der Waals surface area contributed by atoms with Crippen molar-refractivity contribution in [1.82, 2.24) is 4.98 Å². The molecule has 0 unspecified atom stereocenters. The Labute approximate surface area is 180 Å². The zero-order chi connectivity index (χ0) is 21.7. The van der Waals surface area contributed by atoms with Crippen LogP contribution in [0.25, 0.3) is 10.9 Å². The molecule has 158 valence electrons. The molecule has 0 fully saturated rings. The van der Waals surface area contributed by atoms with Gasteiger partial charge in [0.1, 0.15) is 23.9 Å². The normalized spacial score (nSPS) is 10.8. The van der Waals surface area contributed by atoms with Gasteiger partial charge in [-0.25, -0.2) is 4.79 Å². The predicted molar refractivity (Wildman–Crippen MR) is 116 cm³/mol. The summed E-state index contributed by atoms with van der Waals surface area (Å²) in [6.07, 6.45) is -0.0794. The Morgan fingerprint density at radius 1 is 1.10 bits per heavy atom. The molecular formula is C23H24ClNO5. The molecule has 0 aliphatic heterocycles. The smallest absolute Gasteiger partial charge is 0.457 e. The Balaban J connectivity index is 2.02. The van der Waals surface area contributed by atoms with E-state index in [9.17, 15) is 4.79 Å². The molecule has 0 radical (unpaired) electrons. The molecule has 0 spiro atoms. The number of hydrogen-bond donors (Lipinski definition) is 0. The average molecular weight is 430 g/mol. The molecule has 3 rings (SSSR count). The van der Waals surface area contributed by atoms with Gasteiger partial charge in [0.25, 0.3) is 0 Å². The number of aromatic nitrogens is 1. The van der Waals surface area contributed by atoms with Crippen molar-refractivity contribution in [2.24, 2.45) is 0 Å². The second-order valence-corrected chi connectivity index (χ2v) is 7.19. The summed E-state index contributed by atoms with van der Waals surface area (Å²) in [5, 5.41) is 1.30. The lowest BCUT2D eigenvalue weighted by atomic mass is 10.0. The number of aryl methyl sites for hydroxylation is 2. The van der Waals surface area contributed by atoms with E-state index in [0.29, 0.717) is 40.7 Å². The Morgan fingerprint density at radius 2 is 1.83 bits per heavy atom. The zero-order valence-corrected chi connectivity index (χ0v) is 18.2. The van der Waals surface area contributed by atoms with Crippen LogP contribution in [0, 0.1) is 13.8 Å². The molecule has 30 heavy (non-hydrogen) atoms. The molecule has 0 amide bonds. The van der Waals surface area contributed by atoms with Crippen LogP contribution in [-0.4, -0.2) is 31.5 Å². The SMILES string of the molecule is CCc1nc2cc(C)c(Oc3ccc(Cl)cc3)cc2c(OC(=O)OCCOC)c1C. The van der Waals surface area contributed by atoms with E-state index < -0.39 is 6.16 Å². The van der Waals surface area contributed by atoms with E-state index in [2.05, 4.69) is 0 Å². The first-order valence-electron chi connectivity index (χ1n) is 9.63. The van der Waals surface area contributed by atoms with Crippen LogP contribution in [0.2, 0.25) is 5.02 Å². The van der Waals surface area contributed by atoms with Gasteiger partial charge in [-0.1, -0.05) is 18.5 Å². The predicted octanol–water partition coefficient (Wildman–Crippen LogP) is 6.02. The molecule has 0 atom stereocenters. The van der Waals surface area contributed by atoms with Crippen molar-refractivity contribution >= 4 is 28.7 Å². The van der Waals surface area contributed by atoms with Crippen molar-refractivity contribution in [3.8, 4) is 17.2 Å². The van der Waals surface area contributed by atoms with Crippen LogP contribution in [0.3, 0.4) is 0 Å². The number of fused-ring (bicyclic) bond motifs is 1. The summed E-state index contributed by atoms with van der Waals surface area (Å²) in [7, 11) is 1.54. The van der Waals surface area contributed by atoms with E-state index >= 15 is 0 Å². The van der Waals surface area contributed by atoms with Gasteiger partial charge in [0, 0.05) is 28.8 Å². The fourth-order valence-corrected chi connectivity index (χ4v) is 3.17. The second-order valence-electron chi connectivity index (χ2n) is 6.75. The van der Waals surface area contributed by atoms with Gasteiger partial charge in [0.05, 0.1) is 12.1 Å². The highest BCUT2D eigenvalue weighted by molar-refractivity contribution is 6.30. The van der Waals surface area contributed by atoms with E-state index in [-0.39, 0.29) is 6.61 Å². The lowest BCUT2D eigenvalue weighted by Gasteiger charge is -2.16. The van der Waals surface area contributed by atoms with Crippen LogP contribution in [0.1, 0.15) is 23.7 Å². The third-order valence-corrected chi connectivity index (χ3v) is 4.89. The molecule has 0 aliphatic rings. The minimum absolute atomic E-state index is 0.113. The maximum absolute atomic E-state index is 12.2. The molecular weight excluding hydrogens is 406 g/mol. The van der Waals surface area contributed by atoms with Crippen molar-refractivity contribution in [3.63, 3.8) is 0 Å². The number of ether oxygens (including phenoxy) is 4. The number of rotatable bonds is 7. The largest absolute Gasteiger partial charge is 0.513 e. The van der Waals surface area contributed by atoms with Crippen molar-refractivity contribution in [2.75, 3.05) is 20.3 Å². The summed E-state index contributed by atoms with van der Waals surface area (Å²) in [5.74, 6) is 1.70. The van der Waals surface area contributed by atoms with E-state index in [1.165, 1.54) is 7.11 Å². The summed E-state index contributed by atoms with van der Waals surface area (Å²) >= 11 is 5.95. The Kier molecular flexibility index (Phi) is 7.13. The fraction of sp³-hybridized carbons (Fsp3) is 0.304. The third-order valence-electron chi connectivity index (χ3n) is 4.64. The van der Waals surface area contributed by atoms with E-state index in [4.69, 9.17) is 35.5 Å². The number of halogens is 1. The van der Waals surface area contributed by atoms with Gasteiger partial charge in [-0.05, 0) is 62.2 Å². The first kappa shape index (κ1) is 21.9. The number of nitrogens with zero attached hydrogens (tertiary/aromatic N) is 1. The summed E-state index contributed by atoms with van der Waals surface area (Å²) < 4.78 is 21.6. The number of hydrogen-bond acceptors (Lipinski definition) is 6. The average Bonchev–Trinajstić information content (AvgIpc) is 2.73. The Hall–Kier alpha value is -2.83. The van der Waals surface area contributed by atoms with Gasteiger partial charge in [-0.15, -0.1) is 0 Å². The van der Waals surface area contributed by atoms with E-state index in [0.717, 1.165) is 22.3 Å². The van der Waals surface area contributed by atoms with Gasteiger partial charge >= 0.3 is 6.16 Å². The highest BCUT2D eigenvalue weighted by Gasteiger charge is 2.18. The highest BCUT2D eigenvalue weighted by Crippen LogP contribution is 2.36. The number of pyridine rings is 1. The monoisotopic (exact) mass is 429 g/mol. The van der Waals surface area contributed by atoms with Gasteiger partial charge in [-0.3, -0.25) is 4.98 Å². The minimum Gasteiger partial charge on any atom is -0.457 e. The zero-order valence-electron chi connectivity index (χ0n) is 17.5. The molecule has 0 saturated carbocycles. The molecule has 0 N–H and O–H groups in total. The van der Waals surface area contributed by atoms with Crippen LogP contribution >= 0.6 is 11.6 Å². The van der Waals surface area contributed by atoms with Crippen LogP contribution in [-0.2, 0) is 15.9 Å². The molecule has 0 saturated heterocycles. The van der Waals surface area contributed by atoms with Gasteiger partial charge in [0.15, 0.2) is 0 Å². The Bertz CT molecular complexity index is 1050. The van der Waals surface area contributed by atoms with Crippen LogP contribution < -0.4 is 9.47 Å². The van der Waals surface area contributed by atoms with Crippen LogP contribution in [0.4, 0.5) is 4.79 Å². The number of carbonyl (C=O) groups is 1. The number of benzene rings is 2. The van der Waals surface area contributed by atoms with Gasteiger partial charge < -0.3 is 18.9 Å². The topological polar surface area (TPSA) is 66.9 Å². The van der Waals surface area contributed by atoms with Crippen molar-refractivity contribution in [2.45, 2.75) is 27.2 Å². The lowest BCUT2D eigenvalue weighted by molar-refractivity contribution is 0.0687. The minimum atomic E-state index is -0.787. The lowest BCUT2D eigenvalue weighted by Crippen LogP contribution is -2.15. The van der Waals surface area contributed by atoms with E-state index in [1.54, 1.807) is 24.3 Å². The van der Waals surface area contributed by atoms with Gasteiger partial charge in [0.2, 0.25) is 0 Å². The maximum atomic E-state index is 12.2. The van der Waals surface area contributed by atoms with Crippen molar-refractivity contribution in [1.29, 1.82) is 0 Å². The molecule has 1 heterocycles. The third kappa shape index (κ3) is 5.01. The maximum Gasteiger partial charge on any atom is 0.513 e. The van der Waals surface area contributed by atoms with Gasteiger partial charge in [-0.2, -0.15) is 0 Å². The molecule has 0 aliphatic carbocycles. The molecule has 6 nitrogen and oxygen atoms in total. The van der Waals surface area contributed by atoms with Crippen molar-refractivity contribution in [3.05, 3.63) is 58.2 Å². The van der Waals surface area contributed by atoms with E-state index in [1.807, 2.05) is 32.9 Å². The molecule has 2 aromatic carbocycles.